The minimum atomic E-state index is -0.986. The summed E-state index contributed by atoms with van der Waals surface area (Å²) in [6, 6.07) is 8.16. The molecule has 1 aromatic rings. The molecule has 0 unspecified atom stereocenters. The largest absolute Gasteiger partial charge is 0.377 e. The van der Waals surface area contributed by atoms with E-state index in [1.807, 2.05) is 12.1 Å². The molecule has 0 radical (unpaired) electrons. The fraction of sp³-hybridized carbons (Fsp3) is 0.690. The first-order chi connectivity index (χ1) is 18.0. The molecule has 37 heavy (non-hydrogen) atoms. The zero-order valence-corrected chi connectivity index (χ0v) is 21.8. The maximum Gasteiger partial charge on any atom is 0.252 e. The number of benzene rings is 1. The van der Waals surface area contributed by atoms with Crippen LogP contribution in [0.15, 0.2) is 24.3 Å². The van der Waals surface area contributed by atoms with E-state index in [2.05, 4.69) is 22.3 Å². The Morgan fingerprint density at radius 3 is 2.35 bits per heavy atom. The van der Waals surface area contributed by atoms with Gasteiger partial charge in [0, 0.05) is 18.7 Å². The van der Waals surface area contributed by atoms with Gasteiger partial charge in [-0.3, -0.25) is 14.4 Å². The number of hydrogen-bond donors (Lipinski definition) is 1. The molecule has 1 aromatic carbocycles. The average molecular weight is 510 g/mol. The van der Waals surface area contributed by atoms with Crippen LogP contribution in [0.25, 0.3) is 0 Å². The molecule has 5 aliphatic rings. The number of hydrogen-bond acceptors (Lipinski definition) is 6. The number of carbonyl (C=O) groups is 3. The molecule has 0 spiro atoms. The van der Waals surface area contributed by atoms with E-state index in [-0.39, 0.29) is 30.3 Å². The van der Waals surface area contributed by atoms with Crippen LogP contribution in [0.5, 0.6) is 0 Å². The highest BCUT2D eigenvalue weighted by Crippen LogP contribution is 2.37. The van der Waals surface area contributed by atoms with Crippen LogP contribution in [0.4, 0.5) is 0 Å². The van der Waals surface area contributed by atoms with Gasteiger partial charge in [0.25, 0.3) is 5.91 Å². The molecular weight excluding hydrogens is 470 g/mol. The SMILES string of the molecule is CO[C@@H]1CN(C(=O)C2(NC(=O)c3ccc(C4CCN(C5CCC5)CC4)cc3)CCCC2)[C@@H]2C(=O)CO[C@@H]21. The summed E-state index contributed by atoms with van der Waals surface area (Å²) in [6.45, 7) is 2.64. The van der Waals surface area contributed by atoms with Crippen LogP contribution >= 0.6 is 0 Å². The van der Waals surface area contributed by atoms with Gasteiger partial charge in [-0.25, -0.2) is 0 Å². The van der Waals surface area contributed by atoms with Crippen molar-refractivity contribution >= 4 is 17.6 Å². The summed E-state index contributed by atoms with van der Waals surface area (Å²) >= 11 is 0. The van der Waals surface area contributed by atoms with E-state index in [0.29, 0.717) is 30.9 Å². The number of nitrogens with one attached hydrogen (secondary N) is 1. The van der Waals surface area contributed by atoms with E-state index in [4.69, 9.17) is 9.47 Å². The van der Waals surface area contributed by atoms with Gasteiger partial charge < -0.3 is 24.6 Å². The second-order valence-electron chi connectivity index (χ2n) is 11.7. The Morgan fingerprint density at radius 2 is 1.73 bits per heavy atom. The van der Waals surface area contributed by atoms with Crippen molar-refractivity contribution in [2.24, 2.45) is 0 Å². The number of amides is 2. The molecule has 1 N–H and O–H groups in total. The fourth-order valence-electron chi connectivity index (χ4n) is 7.22. The molecule has 5 fully saturated rings. The van der Waals surface area contributed by atoms with Crippen molar-refractivity contribution in [1.29, 1.82) is 0 Å². The standard InChI is InChI=1S/C29H39N3O5/c1-36-24-17-32(25-23(33)18-37-26(24)25)28(35)29(13-2-3-14-29)30-27(34)21-9-7-19(8-10-21)20-11-15-31(16-12-20)22-5-4-6-22/h7-10,20,22,24-26H,2-6,11-18H2,1H3,(H,30,34)/t24-,25-,26-/m1/s1. The smallest absolute Gasteiger partial charge is 0.252 e. The number of fused-ring (bicyclic) bond motifs is 1. The first kappa shape index (κ1) is 25.0. The molecule has 3 saturated heterocycles. The van der Waals surface area contributed by atoms with Gasteiger partial charge >= 0.3 is 0 Å². The molecule has 2 amide bonds. The molecule has 6 rings (SSSR count). The third-order valence-electron chi connectivity index (χ3n) is 9.69. The number of nitrogens with zero attached hydrogens (tertiary/aromatic N) is 2. The van der Waals surface area contributed by atoms with E-state index in [1.54, 1.807) is 12.0 Å². The highest BCUT2D eigenvalue weighted by atomic mass is 16.5. The summed E-state index contributed by atoms with van der Waals surface area (Å²) in [6.07, 6.45) is 8.56. The molecular formula is C29H39N3O5. The lowest BCUT2D eigenvalue weighted by Gasteiger charge is -2.42. The summed E-state index contributed by atoms with van der Waals surface area (Å²) in [5.41, 5.74) is 0.883. The Labute approximate surface area is 219 Å². The van der Waals surface area contributed by atoms with Crippen molar-refractivity contribution in [2.75, 3.05) is 33.4 Å². The molecule has 0 aromatic heterocycles. The molecule has 3 atom stereocenters. The number of likely N-dealkylation sites (tertiary alicyclic amines) is 2. The lowest BCUT2D eigenvalue weighted by molar-refractivity contribution is -0.142. The number of piperidine rings is 1. The van der Waals surface area contributed by atoms with Crippen LogP contribution < -0.4 is 5.32 Å². The van der Waals surface area contributed by atoms with Gasteiger partial charge in [-0.05, 0) is 75.2 Å². The molecule has 0 bridgehead atoms. The maximum atomic E-state index is 13.9. The van der Waals surface area contributed by atoms with Gasteiger partial charge in [0.15, 0.2) is 5.78 Å². The molecule has 3 aliphatic heterocycles. The predicted octanol–water partition coefficient (Wildman–Crippen LogP) is 2.65. The minimum Gasteiger partial charge on any atom is -0.377 e. The van der Waals surface area contributed by atoms with Crippen LogP contribution in [0.3, 0.4) is 0 Å². The third kappa shape index (κ3) is 4.51. The molecule has 2 aliphatic carbocycles. The molecule has 8 nitrogen and oxygen atoms in total. The quantitative estimate of drug-likeness (QED) is 0.635. The number of rotatable bonds is 6. The zero-order chi connectivity index (χ0) is 25.6. The zero-order valence-electron chi connectivity index (χ0n) is 21.8. The van der Waals surface area contributed by atoms with Gasteiger partial charge in [0.05, 0.1) is 6.54 Å². The Morgan fingerprint density at radius 1 is 1.03 bits per heavy atom. The summed E-state index contributed by atoms with van der Waals surface area (Å²) in [7, 11) is 1.58. The molecule has 8 heteroatoms. The molecule has 2 saturated carbocycles. The van der Waals surface area contributed by atoms with E-state index in [0.717, 1.165) is 32.0 Å². The Balaban J connectivity index is 1.12. The predicted molar refractivity (Wildman–Crippen MR) is 137 cm³/mol. The normalized spacial score (nSPS) is 30.4. The van der Waals surface area contributed by atoms with Crippen LogP contribution in [-0.2, 0) is 19.1 Å². The van der Waals surface area contributed by atoms with Gasteiger partial charge in [-0.15, -0.1) is 0 Å². The van der Waals surface area contributed by atoms with Gasteiger partial charge in [0.1, 0.15) is 30.4 Å². The van der Waals surface area contributed by atoms with Crippen molar-refractivity contribution in [3.63, 3.8) is 0 Å². The minimum absolute atomic E-state index is 0.00425. The lowest BCUT2D eigenvalue weighted by Crippen LogP contribution is -2.60. The number of Topliss-reactive ketones (excluding diaryl/α,β-unsaturated/α-hetero) is 1. The van der Waals surface area contributed by atoms with Crippen LogP contribution in [0.2, 0.25) is 0 Å². The number of ether oxygens (including phenoxy) is 2. The number of ketones is 1. The van der Waals surface area contributed by atoms with Crippen LogP contribution in [-0.4, -0.2) is 90.6 Å². The molecule has 3 heterocycles. The molecule has 200 valence electrons. The summed E-state index contributed by atoms with van der Waals surface area (Å²) in [5, 5.41) is 3.11. The number of methoxy groups -OCH3 is 1. The first-order valence-corrected chi connectivity index (χ1v) is 14.1. The summed E-state index contributed by atoms with van der Waals surface area (Å²) in [4.78, 5) is 44.1. The van der Waals surface area contributed by atoms with E-state index in [1.165, 1.54) is 37.7 Å². The number of carbonyl (C=O) groups excluding carboxylic acids is 3. The first-order valence-electron chi connectivity index (χ1n) is 14.1. The lowest BCUT2D eigenvalue weighted by atomic mass is 9.85. The summed E-state index contributed by atoms with van der Waals surface area (Å²) in [5.74, 6) is 0.0434. The van der Waals surface area contributed by atoms with E-state index >= 15 is 0 Å². The Hall–Kier alpha value is -2.29. The second-order valence-corrected chi connectivity index (χ2v) is 11.7. The maximum absolute atomic E-state index is 13.9. The van der Waals surface area contributed by atoms with Crippen molar-refractivity contribution < 1.29 is 23.9 Å². The monoisotopic (exact) mass is 509 g/mol. The average Bonchev–Trinajstić information content (AvgIpc) is 3.61. The van der Waals surface area contributed by atoms with Gasteiger partial charge in [0.2, 0.25) is 5.91 Å². The van der Waals surface area contributed by atoms with Crippen LogP contribution in [0.1, 0.15) is 79.6 Å². The van der Waals surface area contributed by atoms with Crippen LogP contribution in [0, 0.1) is 0 Å². The highest BCUT2D eigenvalue weighted by molar-refractivity contribution is 6.01. The van der Waals surface area contributed by atoms with Gasteiger partial charge in [-0.2, -0.15) is 0 Å². The van der Waals surface area contributed by atoms with Crippen molar-refractivity contribution in [3.05, 3.63) is 35.4 Å². The van der Waals surface area contributed by atoms with Crippen molar-refractivity contribution in [2.45, 2.75) is 93.5 Å². The highest BCUT2D eigenvalue weighted by Gasteiger charge is 2.56. The van der Waals surface area contributed by atoms with Crippen molar-refractivity contribution in [3.8, 4) is 0 Å². The third-order valence-corrected chi connectivity index (χ3v) is 9.69. The second kappa shape index (κ2) is 10.1. The topological polar surface area (TPSA) is 88.2 Å². The van der Waals surface area contributed by atoms with Gasteiger partial charge in [-0.1, -0.05) is 31.4 Å². The van der Waals surface area contributed by atoms with E-state index < -0.39 is 17.7 Å². The van der Waals surface area contributed by atoms with Crippen molar-refractivity contribution in [1.82, 2.24) is 15.1 Å². The fourth-order valence-corrected chi connectivity index (χ4v) is 7.22. The summed E-state index contributed by atoms with van der Waals surface area (Å²) < 4.78 is 11.2. The van der Waals surface area contributed by atoms with E-state index in [9.17, 15) is 14.4 Å². The Bertz CT molecular complexity index is 1020. The Kier molecular flexibility index (Phi) is 6.84.